The normalized spacial score (nSPS) is 12.3. The van der Waals surface area contributed by atoms with E-state index in [1.54, 1.807) is 0 Å². The van der Waals surface area contributed by atoms with E-state index in [1.165, 1.54) is 0 Å². The Balaban J connectivity index is 1.60. The predicted molar refractivity (Wildman–Crippen MR) is 107 cm³/mol. The first-order valence-corrected chi connectivity index (χ1v) is 9.22. The van der Waals surface area contributed by atoms with Gasteiger partial charge in [0.05, 0.1) is 0 Å². The topological polar surface area (TPSA) is 47.6 Å². The van der Waals surface area contributed by atoms with E-state index in [9.17, 15) is 4.79 Å². The molecule has 0 aliphatic carbocycles. The van der Waals surface area contributed by atoms with Crippen LogP contribution in [-0.4, -0.2) is 31.2 Å². The third kappa shape index (κ3) is 3.22. The SMILES string of the molecule is Cc1cc(C(=O)C[n+]2ccc(N(C)C)cc2)c(C)n1-c1ccc2c(c1)OCO2. The highest BCUT2D eigenvalue weighted by atomic mass is 16.7. The molecule has 0 amide bonds. The minimum absolute atomic E-state index is 0.0858. The smallest absolute Gasteiger partial charge is 0.231 e. The summed E-state index contributed by atoms with van der Waals surface area (Å²) in [6.07, 6.45) is 3.87. The molecule has 6 heteroatoms. The van der Waals surface area contributed by atoms with Gasteiger partial charge in [-0.2, -0.15) is 4.57 Å². The molecule has 144 valence electrons. The number of aromatic nitrogens is 2. The average Bonchev–Trinajstić information content (AvgIpc) is 3.25. The molecule has 0 unspecified atom stereocenters. The van der Waals surface area contributed by atoms with Crippen molar-refractivity contribution in [1.29, 1.82) is 0 Å². The van der Waals surface area contributed by atoms with Crippen LogP contribution in [0.1, 0.15) is 21.7 Å². The summed E-state index contributed by atoms with van der Waals surface area (Å²) < 4.78 is 14.9. The Bertz CT molecular complexity index is 1040. The molecule has 0 radical (unpaired) electrons. The van der Waals surface area contributed by atoms with Gasteiger partial charge in [-0.1, -0.05) is 0 Å². The van der Waals surface area contributed by atoms with Gasteiger partial charge in [-0.15, -0.1) is 0 Å². The van der Waals surface area contributed by atoms with Gasteiger partial charge in [0.2, 0.25) is 19.1 Å². The third-order valence-electron chi connectivity index (χ3n) is 5.06. The highest BCUT2D eigenvalue weighted by Gasteiger charge is 2.21. The molecule has 0 saturated heterocycles. The summed E-state index contributed by atoms with van der Waals surface area (Å²) in [6.45, 7) is 4.53. The van der Waals surface area contributed by atoms with Crippen LogP contribution in [0.4, 0.5) is 5.69 Å². The van der Waals surface area contributed by atoms with Gasteiger partial charge in [-0.3, -0.25) is 4.79 Å². The van der Waals surface area contributed by atoms with Gasteiger partial charge in [0.1, 0.15) is 0 Å². The minimum atomic E-state index is 0.0858. The number of rotatable bonds is 5. The molecule has 2 aromatic heterocycles. The highest BCUT2D eigenvalue weighted by Crippen LogP contribution is 2.34. The van der Waals surface area contributed by atoms with Crippen molar-refractivity contribution >= 4 is 11.5 Å². The number of anilines is 1. The first-order chi connectivity index (χ1) is 13.4. The van der Waals surface area contributed by atoms with Gasteiger partial charge >= 0.3 is 0 Å². The second kappa shape index (κ2) is 7.03. The van der Waals surface area contributed by atoms with Gasteiger partial charge in [0, 0.05) is 60.6 Å². The number of hydrogen-bond donors (Lipinski definition) is 0. The number of carbonyl (C=O) groups excluding carboxylic acids is 1. The summed E-state index contributed by atoms with van der Waals surface area (Å²) in [5, 5.41) is 0. The van der Waals surface area contributed by atoms with Crippen LogP contribution < -0.4 is 18.9 Å². The van der Waals surface area contributed by atoms with Crippen LogP contribution in [0.15, 0.2) is 48.8 Å². The second-order valence-corrected chi connectivity index (χ2v) is 7.20. The molecule has 3 heterocycles. The fourth-order valence-electron chi connectivity index (χ4n) is 3.57. The predicted octanol–water partition coefficient (Wildman–Crippen LogP) is 3.06. The standard InChI is InChI=1S/C22H24N3O3/c1-15-11-19(20(26)13-24-9-7-17(8-10-24)23(3)4)16(2)25(15)18-5-6-21-22(12-18)28-14-27-21/h5-12H,13-14H2,1-4H3/q+1. The zero-order valence-corrected chi connectivity index (χ0v) is 16.6. The van der Waals surface area contributed by atoms with Gasteiger partial charge in [0.15, 0.2) is 23.9 Å². The Labute approximate surface area is 164 Å². The summed E-state index contributed by atoms with van der Waals surface area (Å²) >= 11 is 0. The number of Topliss-reactive ketones (excluding diaryl/α,β-unsaturated/α-hetero) is 1. The lowest BCUT2D eigenvalue weighted by atomic mass is 10.1. The number of ketones is 1. The summed E-state index contributed by atoms with van der Waals surface area (Å²) in [5.74, 6) is 1.57. The zero-order valence-electron chi connectivity index (χ0n) is 16.6. The fourth-order valence-corrected chi connectivity index (χ4v) is 3.57. The fraction of sp³-hybridized carbons (Fsp3) is 0.273. The van der Waals surface area contributed by atoms with E-state index >= 15 is 0 Å². The molecule has 0 atom stereocenters. The summed E-state index contributed by atoms with van der Waals surface area (Å²) in [7, 11) is 3.99. The van der Waals surface area contributed by atoms with E-state index in [0.29, 0.717) is 6.54 Å². The van der Waals surface area contributed by atoms with Crippen molar-refractivity contribution in [3.8, 4) is 17.2 Å². The molecule has 0 N–H and O–H groups in total. The van der Waals surface area contributed by atoms with E-state index < -0.39 is 0 Å². The van der Waals surface area contributed by atoms with Crippen LogP contribution in [0.3, 0.4) is 0 Å². The number of ether oxygens (including phenoxy) is 2. The molecular formula is C22H24N3O3+. The molecule has 3 aromatic rings. The van der Waals surface area contributed by atoms with Crippen molar-refractivity contribution < 1.29 is 18.8 Å². The molecule has 6 nitrogen and oxygen atoms in total. The van der Waals surface area contributed by atoms with Crippen molar-refractivity contribution in [2.24, 2.45) is 0 Å². The first-order valence-electron chi connectivity index (χ1n) is 9.22. The third-order valence-corrected chi connectivity index (χ3v) is 5.06. The lowest BCUT2D eigenvalue weighted by molar-refractivity contribution is -0.683. The summed E-state index contributed by atoms with van der Waals surface area (Å²) in [5.41, 5.74) is 4.73. The molecule has 0 bridgehead atoms. The van der Waals surface area contributed by atoms with Crippen LogP contribution in [0.5, 0.6) is 11.5 Å². The first kappa shape index (κ1) is 18.1. The maximum atomic E-state index is 12.9. The molecule has 0 saturated carbocycles. The van der Waals surface area contributed by atoms with Crippen molar-refractivity contribution in [2.45, 2.75) is 20.4 Å². The van der Waals surface area contributed by atoms with Gasteiger partial charge in [-0.05, 0) is 32.0 Å². The number of nitrogens with zero attached hydrogens (tertiary/aromatic N) is 3. The van der Waals surface area contributed by atoms with E-state index in [2.05, 4.69) is 4.57 Å². The quantitative estimate of drug-likeness (QED) is 0.506. The molecule has 0 fully saturated rings. The van der Waals surface area contributed by atoms with Crippen LogP contribution in [-0.2, 0) is 6.54 Å². The molecule has 1 aliphatic heterocycles. The van der Waals surface area contributed by atoms with Crippen LogP contribution in [0.25, 0.3) is 5.69 Å². The molecule has 0 spiro atoms. The zero-order chi connectivity index (χ0) is 19.8. The number of hydrogen-bond acceptors (Lipinski definition) is 4. The van der Waals surface area contributed by atoms with E-state index in [0.717, 1.165) is 39.8 Å². The van der Waals surface area contributed by atoms with Gasteiger partial charge < -0.3 is 18.9 Å². The van der Waals surface area contributed by atoms with Crippen molar-refractivity contribution in [3.05, 3.63) is 65.7 Å². The number of carbonyl (C=O) groups is 1. The minimum Gasteiger partial charge on any atom is -0.454 e. The maximum Gasteiger partial charge on any atom is 0.231 e. The maximum absolute atomic E-state index is 12.9. The lowest BCUT2D eigenvalue weighted by Gasteiger charge is -2.11. The number of fused-ring (bicyclic) bond motifs is 1. The Morgan fingerprint density at radius 3 is 2.50 bits per heavy atom. The van der Waals surface area contributed by atoms with E-state index in [1.807, 2.05) is 86.2 Å². The largest absolute Gasteiger partial charge is 0.454 e. The van der Waals surface area contributed by atoms with E-state index in [4.69, 9.17) is 9.47 Å². The van der Waals surface area contributed by atoms with Crippen molar-refractivity contribution in [2.75, 3.05) is 25.8 Å². The molecule has 1 aliphatic rings. The van der Waals surface area contributed by atoms with Crippen LogP contribution in [0, 0.1) is 13.8 Å². The second-order valence-electron chi connectivity index (χ2n) is 7.20. The van der Waals surface area contributed by atoms with Crippen LogP contribution >= 0.6 is 0 Å². The lowest BCUT2D eigenvalue weighted by Crippen LogP contribution is -2.37. The molecule has 28 heavy (non-hydrogen) atoms. The van der Waals surface area contributed by atoms with E-state index in [-0.39, 0.29) is 12.6 Å². The Morgan fingerprint density at radius 2 is 1.79 bits per heavy atom. The van der Waals surface area contributed by atoms with Crippen molar-refractivity contribution in [3.63, 3.8) is 0 Å². The molecular weight excluding hydrogens is 354 g/mol. The number of benzene rings is 1. The Hall–Kier alpha value is -3.28. The highest BCUT2D eigenvalue weighted by molar-refractivity contribution is 5.96. The van der Waals surface area contributed by atoms with Gasteiger partial charge in [0.25, 0.3) is 0 Å². The monoisotopic (exact) mass is 378 g/mol. The summed E-state index contributed by atoms with van der Waals surface area (Å²) in [4.78, 5) is 15.0. The molecule has 1 aromatic carbocycles. The average molecular weight is 378 g/mol. The number of pyridine rings is 1. The Morgan fingerprint density at radius 1 is 1.07 bits per heavy atom. The van der Waals surface area contributed by atoms with Gasteiger partial charge in [-0.25, -0.2) is 0 Å². The summed E-state index contributed by atoms with van der Waals surface area (Å²) in [6, 6.07) is 11.8. The Kier molecular flexibility index (Phi) is 4.55. The molecule has 4 rings (SSSR count). The van der Waals surface area contributed by atoms with Crippen molar-refractivity contribution in [1.82, 2.24) is 4.57 Å². The number of aryl methyl sites for hydroxylation is 1. The van der Waals surface area contributed by atoms with Crippen LogP contribution in [0.2, 0.25) is 0 Å².